The Bertz CT molecular complexity index is 970. The number of fused-ring (bicyclic) bond motifs is 1. The molecule has 2 aliphatic heterocycles. The van der Waals surface area contributed by atoms with E-state index in [2.05, 4.69) is 15.0 Å². The minimum absolute atomic E-state index is 0.0137. The molecule has 1 fully saturated rings. The molecular weight excluding hydrogens is 372 g/mol. The molecule has 1 saturated heterocycles. The van der Waals surface area contributed by atoms with Gasteiger partial charge in [-0.05, 0) is 24.6 Å². The fourth-order valence-corrected chi connectivity index (χ4v) is 3.55. The number of amides is 1. The molecule has 0 saturated carbocycles. The summed E-state index contributed by atoms with van der Waals surface area (Å²) in [5.74, 6) is -2.46. The lowest BCUT2D eigenvalue weighted by atomic mass is 9.74. The fraction of sp³-hybridized carbons (Fsp3) is 0.333. The third-order valence-corrected chi connectivity index (χ3v) is 4.99. The van der Waals surface area contributed by atoms with Crippen LogP contribution in [0.15, 0.2) is 35.7 Å². The Hall–Kier alpha value is -3.14. The molecule has 8 nitrogen and oxygen atoms in total. The van der Waals surface area contributed by atoms with Gasteiger partial charge in [-0.15, -0.1) is 0 Å². The number of aliphatic imine (C=N–C) groups is 1. The van der Waals surface area contributed by atoms with E-state index in [1.165, 1.54) is 30.1 Å². The monoisotopic (exact) mass is 389 g/mol. The zero-order valence-corrected chi connectivity index (χ0v) is 14.9. The van der Waals surface area contributed by atoms with Crippen LogP contribution in [0.4, 0.5) is 8.78 Å². The van der Waals surface area contributed by atoms with E-state index in [-0.39, 0.29) is 35.7 Å². The van der Waals surface area contributed by atoms with Gasteiger partial charge in [0.1, 0.15) is 23.4 Å². The number of benzene rings is 1. The largest absolute Gasteiger partial charge is 0.436 e. The van der Waals surface area contributed by atoms with Gasteiger partial charge in [0.05, 0.1) is 18.7 Å². The van der Waals surface area contributed by atoms with Crippen LogP contribution in [-0.2, 0) is 15.1 Å². The van der Waals surface area contributed by atoms with Crippen LogP contribution >= 0.6 is 0 Å². The van der Waals surface area contributed by atoms with E-state index in [0.29, 0.717) is 13.0 Å². The van der Waals surface area contributed by atoms with Crippen LogP contribution in [-0.4, -0.2) is 47.0 Å². The van der Waals surface area contributed by atoms with Gasteiger partial charge in [-0.1, -0.05) is 0 Å². The molecule has 2 aliphatic rings. The number of guanidine groups is 1. The van der Waals surface area contributed by atoms with Crippen LogP contribution in [0.5, 0.6) is 11.6 Å². The summed E-state index contributed by atoms with van der Waals surface area (Å²) in [6, 6.07) is 3.87. The number of carbonyl (C=O) groups excluding carboxylic acids is 1. The molecule has 0 aliphatic carbocycles. The van der Waals surface area contributed by atoms with E-state index in [1.807, 2.05) is 0 Å². The highest BCUT2D eigenvalue weighted by atomic mass is 19.1. The lowest BCUT2D eigenvalue weighted by molar-refractivity contribution is -0.140. The van der Waals surface area contributed by atoms with Crippen molar-refractivity contribution in [2.75, 3.05) is 20.3 Å². The quantitative estimate of drug-likeness (QED) is 0.855. The number of nitrogens with zero attached hydrogens (tertiary/aromatic N) is 4. The van der Waals surface area contributed by atoms with Gasteiger partial charge < -0.3 is 15.2 Å². The van der Waals surface area contributed by atoms with Gasteiger partial charge in [0.2, 0.25) is 11.7 Å². The van der Waals surface area contributed by atoms with Crippen LogP contribution in [0.2, 0.25) is 0 Å². The number of hydrogen-bond acceptors (Lipinski definition) is 7. The van der Waals surface area contributed by atoms with Gasteiger partial charge in [0.15, 0.2) is 5.96 Å². The second kappa shape index (κ2) is 6.79. The smallest absolute Gasteiger partial charge is 0.259 e. The maximum Gasteiger partial charge on any atom is 0.259 e. The molecule has 3 heterocycles. The van der Waals surface area contributed by atoms with Crippen molar-refractivity contribution in [2.24, 2.45) is 16.6 Å². The second-order valence-electron chi connectivity index (χ2n) is 6.60. The minimum Gasteiger partial charge on any atom is -0.436 e. The average molecular weight is 389 g/mol. The summed E-state index contributed by atoms with van der Waals surface area (Å²) in [6.07, 6.45) is 2.45. The number of hydrogen-bond donors (Lipinski definition) is 1. The summed E-state index contributed by atoms with van der Waals surface area (Å²) in [6.45, 7) is 0.339. The van der Waals surface area contributed by atoms with Crippen molar-refractivity contribution in [2.45, 2.75) is 12.0 Å². The van der Waals surface area contributed by atoms with Gasteiger partial charge in [-0.25, -0.2) is 14.4 Å². The summed E-state index contributed by atoms with van der Waals surface area (Å²) >= 11 is 0. The molecule has 0 bridgehead atoms. The fourth-order valence-electron chi connectivity index (χ4n) is 3.55. The molecule has 1 aromatic carbocycles. The highest BCUT2D eigenvalue weighted by Crippen LogP contribution is 2.44. The third kappa shape index (κ3) is 2.85. The lowest BCUT2D eigenvalue weighted by Gasteiger charge is -2.45. The average Bonchev–Trinajstić information content (AvgIpc) is 2.69. The van der Waals surface area contributed by atoms with Crippen molar-refractivity contribution < 1.29 is 23.0 Å². The molecular formula is C18H17F2N5O3. The Kier molecular flexibility index (Phi) is 4.42. The van der Waals surface area contributed by atoms with Crippen molar-refractivity contribution in [3.05, 3.63) is 47.9 Å². The second-order valence-corrected chi connectivity index (χ2v) is 6.60. The van der Waals surface area contributed by atoms with Gasteiger partial charge in [0.25, 0.3) is 5.88 Å². The summed E-state index contributed by atoms with van der Waals surface area (Å²) in [5, 5.41) is 0. The van der Waals surface area contributed by atoms with Crippen LogP contribution in [0, 0.1) is 17.6 Å². The summed E-state index contributed by atoms with van der Waals surface area (Å²) < 4.78 is 39.6. The molecule has 1 aromatic heterocycles. The zero-order chi connectivity index (χ0) is 19.9. The Morgan fingerprint density at radius 3 is 2.96 bits per heavy atom. The standard InChI is InChI=1S/C18H17F2N5O3/c1-25-16(26)11-4-5-27-8-18(11,24-17(25)21)12-6-10(2-3-13(12)19)28-15-14(20)7-22-9-23-15/h2-3,6-7,9,11H,4-5,8H2,1H3,(H2,21,24). The number of nitrogens with two attached hydrogens (primary N) is 1. The van der Waals surface area contributed by atoms with E-state index in [9.17, 15) is 13.6 Å². The van der Waals surface area contributed by atoms with Gasteiger partial charge >= 0.3 is 0 Å². The first-order valence-corrected chi connectivity index (χ1v) is 8.56. The van der Waals surface area contributed by atoms with E-state index in [4.69, 9.17) is 15.2 Å². The lowest BCUT2D eigenvalue weighted by Crippen LogP contribution is -2.58. The Morgan fingerprint density at radius 1 is 1.36 bits per heavy atom. The van der Waals surface area contributed by atoms with E-state index >= 15 is 0 Å². The van der Waals surface area contributed by atoms with Crippen molar-refractivity contribution in [1.82, 2.24) is 14.9 Å². The van der Waals surface area contributed by atoms with Crippen LogP contribution in [0.3, 0.4) is 0 Å². The third-order valence-electron chi connectivity index (χ3n) is 4.99. The number of rotatable bonds is 3. The molecule has 1 amide bonds. The zero-order valence-electron chi connectivity index (χ0n) is 14.9. The molecule has 2 unspecified atom stereocenters. The maximum absolute atomic E-state index is 14.8. The Balaban J connectivity index is 1.81. The van der Waals surface area contributed by atoms with Crippen molar-refractivity contribution in [1.29, 1.82) is 0 Å². The molecule has 2 atom stereocenters. The number of ether oxygens (including phenoxy) is 2. The van der Waals surface area contributed by atoms with Crippen molar-refractivity contribution in [3.63, 3.8) is 0 Å². The first-order chi connectivity index (χ1) is 13.4. The number of halogens is 2. The highest BCUT2D eigenvalue weighted by molar-refractivity contribution is 6.00. The molecule has 4 rings (SSSR count). The first kappa shape index (κ1) is 18.2. The van der Waals surface area contributed by atoms with Gasteiger partial charge in [-0.2, -0.15) is 9.37 Å². The molecule has 28 heavy (non-hydrogen) atoms. The molecule has 2 N–H and O–H groups in total. The van der Waals surface area contributed by atoms with E-state index in [0.717, 1.165) is 12.5 Å². The molecule has 146 valence electrons. The van der Waals surface area contributed by atoms with Gasteiger partial charge in [-0.3, -0.25) is 9.69 Å². The SMILES string of the molecule is CN1C(=O)C2CCOCC2(c2cc(Oc3ncncc3F)ccc2F)N=C1N. The molecule has 2 aromatic rings. The molecule has 0 radical (unpaired) electrons. The van der Waals surface area contributed by atoms with Crippen LogP contribution in [0.25, 0.3) is 0 Å². The van der Waals surface area contributed by atoms with Crippen LogP contribution < -0.4 is 10.5 Å². The molecule has 0 spiro atoms. The predicted molar refractivity (Wildman–Crippen MR) is 93.5 cm³/mol. The summed E-state index contributed by atoms with van der Waals surface area (Å²) in [4.78, 5) is 25.7. The summed E-state index contributed by atoms with van der Waals surface area (Å²) in [7, 11) is 1.52. The van der Waals surface area contributed by atoms with Crippen molar-refractivity contribution in [3.8, 4) is 11.6 Å². The van der Waals surface area contributed by atoms with E-state index < -0.39 is 23.1 Å². The van der Waals surface area contributed by atoms with Gasteiger partial charge in [0, 0.05) is 19.2 Å². The molecule has 10 heteroatoms. The summed E-state index contributed by atoms with van der Waals surface area (Å²) in [5.41, 5.74) is 4.68. The van der Waals surface area contributed by atoms with E-state index in [1.54, 1.807) is 0 Å². The van der Waals surface area contributed by atoms with Crippen LogP contribution in [0.1, 0.15) is 12.0 Å². The minimum atomic E-state index is -1.32. The maximum atomic E-state index is 14.8. The highest BCUT2D eigenvalue weighted by Gasteiger charge is 2.52. The first-order valence-electron chi connectivity index (χ1n) is 8.56. The normalized spacial score (nSPS) is 24.5. The Morgan fingerprint density at radius 2 is 2.18 bits per heavy atom. The Labute approximate surface area is 159 Å². The number of aromatic nitrogens is 2. The number of carbonyl (C=O) groups is 1. The topological polar surface area (TPSA) is 103 Å². The van der Waals surface area contributed by atoms with Crippen molar-refractivity contribution >= 4 is 11.9 Å². The predicted octanol–water partition coefficient (Wildman–Crippen LogP) is 1.57.